The highest BCUT2D eigenvalue weighted by Gasteiger charge is 2.29. The van der Waals surface area contributed by atoms with Crippen molar-refractivity contribution in [1.29, 1.82) is 0 Å². The highest BCUT2D eigenvalue weighted by molar-refractivity contribution is 5.94. The number of guanidine groups is 1. The van der Waals surface area contributed by atoms with Crippen LogP contribution in [-0.2, 0) is 32.0 Å². The van der Waals surface area contributed by atoms with Crippen LogP contribution in [0.4, 0.5) is 0 Å². The average Bonchev–Trinajstić information content (AvgIpc) is 3.59. The van der Waals surface area contributed by atoms with Gasteiger partial charge in [-0.1, -0.05) is 18.2 Å². The van der Waals surface area contributed by atoms with Gasteiger partial charge in [0.2, 0.25) is 17.7 Å². The normalized spacial score (nSPS) is 13.9. The molecule has 2 aromatic heterocycles. The third-order valence-electron chi connectivity index (χ3n) is 6.38. The van der Waals surface area contributed by atoms with Crippen molar-refractivity contribution in [2.24, 2.45) is 22.2 Å². The minimum absolute atomic E-state index is 0.0754. The predicted molar refractivity (Wildman–Crippen MR) is 151 cm³/mol. The van der Waals surface area contributed by atoms with E-state index in [9.17, 15) is 24.3 Å². The number of imidazole rings is 1. The monoisotopic (exact) mass is 568 g/mol. The summed E-state index contributed by atoms with van der Waals surface area (Å²) in [6.45, 7) is 1.62. The van der Waals surface area contributed by atoms with Gasteiger partial charge < -0.3 is 48.2 Å². The molecule has 0 aliphatic rings. The third kappa shape index (κ3) is 9.06. The van der Waals surface area contributed by atoms with Crippen molar-refractivity contribution in [2.45, 2.75) is 56.8 Å². The Kier molecular flexibility index (Phi) is 10.8. The molecular weight excluding hydrogens is 532 g/mol. The van der Waals surface area contributed by atoms with E-state index in [1.165, 1.54) is 13.3 Å². The lowest BCUT2D eigenvalue weighted by Crippen LogP contribution is -2.57. The first kappa shape index (κ1) is 30.6. The van der Waals surface area contributed by atoms with E-state index in [-0.39, 0.29) is 31.8 Å². The number of aromatic amines is 2. The van der Waals surface area contributed by atoms with Gasteiger partial charge in [0, 0.05) is 48.4 Å². The zero-order chi connectivity index (χ0) is 29.9. The van der Waals surface area contributed by atoms with Crippen LogP contribution < -0.4 is 33.2 Å². The van der Waals surface area contributed by atoms with E-state index in [0.717, 1.165) is 16.5 Å². The smallest absolute Gasteiger partial charge is 0.326 e. The fraction of sp³-hybridized carbons (Fsp3) is 0.385. The first-order chi connectivity index (χ1) is 19.5. The van der Waals surface area contributed by atoms with E-state index in [2.05, 4.69) is 35.9 Å². The van der Waals surface area contributed by atoms with Gasteiger partial charge in [0.25, 0.3) is 0 Å². The Hall–Kier alpha value is -4.92. The Balaban J connectivity index is 1.69. The molecule has 12 N–H and O–H groups in total. The number of benzene rings is 1. The molecule has 0 spiro atoms. The molecule has 0 saturated heterocycles. The van der Waals surface area contributed by atoms with E-state index in [4.69, 9.17) is 17.2 Å². The van der Waals surface area contributed by atoms with Crippen molar-refractivity contribution < 1.29 is 24.3 Å². The number of nitrogens with zero attached hydrogens (tertiary/aromatic N) is 2. The number of para-hydroxylation sites is 1. The fourth-order valence-corrected chi connectivity index (χ4v) is 4.17. The third-order valence-corrected chi connectivity index (χ3v) is 6.38. The average molecular weight is 569 g/mol. The molecule has 4 unspecified atom stereocenters. The lowest BCUT2D eigenvalue weighted by molar-refractivity contribution is -0.142. The highest BCUT2D eigenvalue weighted by atomic mass is 16.4. The van der Waals surface area contributed by atoms with E-state index >= 15 is 0 Å². The molecular formula is C26H36N10O5. The number of fused-ring (bicyclic) bond motifs is 1. The highest BCUT2D eigenvalue weighted by Crippen LogP contribution is 2.19. The molecule has 15 heteroatoms. The summed E-state index contributed by atoms with van der Waals surface area (Å²) in [5.41, 5.74) is 18.9. The molecule has 3 amide bonds. The molecule has 4 atom stereocenters. The summed E-state index contributed by atoms with van der Waals surface area (Å²) < 4.78 is 0. The van der Waals surface area contributed by atoms with Gasteiger partial charge in [-0.05, 0) is 31.4 Å². The summed E-state index contributed by atoms with van der Waals surface area (Å²) >= 11 is 0. The van der Waals surface area contributed by atoms with Crippen LogP contribution in [0.3, 0.4) is 0 Å². The minimum Gasteiger partial charge on any atom is -0.480 e. The van der Waals surface area contributed by atoms with Crippen molar-refractivity contribution in [3.05, 3.63) is 54.2 Å². The molecule has 0 aliphatic heterocycles. The lowest BCUT2D eigenvalue weighted by Gasteiger charge is -2.23. The summed E-state index contributed by atoms with van der Waals surface area (Å²) in [7, 11) is 0. The molecule has 0 aliphatic carbocycles. The van der Waals surface area contributed by atoms with Crippen LogP contribution in [0, 0.1) is 0 Å². The maximum atomic E-state index is 13.4. The van der Waals surface area contributed by atoms with Crippen LogP contribution >= 0.6 is 0 Å². The number of nitrogens with two attached hydrogens (primary N) is 3. The second kappa shape index (κ2) is 14.5. The van der Waals surface area contributed by atoms with Crippen molar-refractivity contribution in [3.63, 3.8) is 0 Å². The van der Waals surface area contributed by atoms with Crippen LogP contribution in [0.5, 0.6) is 0 Å². The Morgan fingerprint density at radius 1 is 1.00 bits per heavy atom. The Morgan fingerprint density at radius 2 is 1.73 bits per heavy atom. The number of aliphatic imine (C=N–C) groups is 1. The molecule has 41 heavy (non-hydrogen) atoms. The Labute approximate surface area is 235 Å². The second-order valence-corrected chi connectivity index (χ2v) is 9.59. The van der Waals surface area contributed by atoms with Gasteiger partial charge in [-0.25, -0.2) is 9.78 Å². The van der Waals surface area contributed by atoms with Gasteiger partial charge in [0.15, 0.2) is 5.96 Å². The molecule has 0 radical (unpaired) electrons. The quantitative estimate of drug-likeness (QED) is 0.0593. The summed E-state index contributed by atoms with van der Waals surface area (Å²) in [5.74, 6) is -3.27. The summed E-state index contributed by atoms with van der Waals surface area (Å²) in [6, 6.07) is 3.13. The van der Waals surface area contributed by atoms with Gasteiger partial charge in [0.05, 0.1) is 12.4 Å². The maximum absolute atomic E-state index is 13.4. The van der Waals surface area contributed by atoms with Crippen LogP contribution in [0.2, 0.25) is 0 Å². The number of rotatable bonds is 15. The summed E-state index contributed by atoms with van der Waals surface area (Å²) in [5, 5.41) is 18.1. The zero-order valence-corrected chi connectivity index (χ0v) is 22.6. The Morgan fingerprint density at radius 3 is 2.41 bits per heavy atom. The SMILES string of the molecule is CC(NC(=O)C(Cc1c[nH]c2ccccc12)NC(=O)C(N)Cc1cnc[nH]1)C(=O)NC(CCCN=C(N)N)C(=O)O. The van der Waals surface area contributed by atoms with E-state index in [0.29, 0.717) is 12.1 Å². The number of carboxylic acids is 1. The number of amides is 3. The topological polar surface area (TPSA) is 259 Å². The number of carbonyl (C=O) groups is 4. The number of H-pyrrole nitrogens is 2. The standard InChI is InChI=1S/C26H36N10O5/c1-14(22(37)35-20(25(40)41)7-4-8-31-26(28)29)34-24(39)21(9-15-11-32-19-6-3-2-5-17(15)19)36-23(38)18(27)10-16-12-30-13-33-16/h2-3,5-6,11-14,18,20-21,32H,4,7-10,27H2,1H3,(H,30,33)(H,34,39)(H,35,37)(H,36,38)(H,40,41)(H4,28,29,31). The number of nitrogens with one attached hydrogen (secondary N) is 5. The molecule has 220 valence electrons. The maximum Gasteiger partial charge on any atom is 0.326 e. The van der Waals surface area contributed by atoms with Gasteiger partial charge in [0.1, 0.15) is 18.1 Å². The van der Waals surface area contributed by atoms with Gasteiger partial charge in [-0.15, -0.1) is 0 Å². The minimum atomic E-state index is -1.24. The number of carboxylic acid groups (broad SMARTS) is 1. The van der Waals surface area contributed by atoms with Crippen LogP contribution in [0.25, 0.3) is 10.9 Å². The predicted octanol–water partition coefficient (Wildman–Crippen LogP) is -1.38. The van der Waals surface area contributed by atoms with Crippen molar-refractivity contribution in [1.82, 2.24) is 30.9 Å². The molecule has 3 rings (SSSR count). The number of aromatic nitrogens is 3. The molecule has 3 aromatic rings. The molecule has 2 heterocycles. The number of carbonyl (C=O) groups excluding carboxylic acids is 3. The van der Waals surface area contributed by atoms with E-state index in [1.54, 1.807) is 12.4 Å². The van der Waals surface area contributed by atoms with Crippen LogP contribution in [0.15, 0.2) is 48.0 Å². The van der Waals surface area contributed by atoms with Crippen molar-refractivity contribution in [3.8, 4) is 0 Å². The Bertz CT molecular complexity index is 1370. The second-order valence-electron chi connectivity index (χ2n) is 9.59. The number of hydrogen-bond donors (Lipinski definition) is 9. The number of hydrogen-bond acceptors (Lipinski definition) is 7. The molecule has 0 saturated carbocycles. The summed E-state index contributed by atoms with van der Waals surface area (Å²) in [6.07, 6.45) is 5.44. The molecule has 1 aromatic carbocycles. The molecule has 15 nitrogen and oxygen atoms in total. The summed E-state index contributed by atoms with van der Waals surface area (Å²) in [4.78, 5) is 64.5. The number of aliphatic carboxylic acids is 1. The van der Waals surface area contributed by atoms with Gasteiger partial charge in [-0.2, -0.15) is 0 Å². The van der Waals surface area contributed by atoms with E-state index < -0.39 is 47.9 Å². The first-order valence-corrected chi connectivity index (χ1v) is 13.0. The molecule has 0 fully saturated rings. The molecule has 0 bridgehead atoms. The fourth-order valence-electron chi connectivity index (χ4n) is 4.17. The van der Waals surface area contributed by atoms with Crippen LogP contribution in [-0.4, -0.2) is 80.4 Å². The van der Waals surface area contributed by atoms with Crippen LogP contribution in [0.1, 0.15) is 31.0 Å². The van der Waals surface area contributed by atoms with Gasteiger partial charge in [-0.3, -0.25) is 19.4 Å². The zero-order valence-electron chi connectivity index (χ0n) is 22.6. The van der Waals surface area contributed by atoms with Gasteiger partial charge >= 0.3 is 5.97 Å². The lowest BCUT2D eigenvalue weighted by atomic mass is 10.0. The first-order valence-electron chi connectivity index (χ1n) is 13.0. The van der Waals surface area contributed by atoms with Crippen molar-refractivity contribution >= 4 is 40.6 Å². The van der Waals surface area contributed by atoms with E-state index in [1.807, 2.05) is 24.3 Å². The van der Waals surface area contributed by atoms with Crippen molar-refractivity contribution in [2.75, 3.05) is 6.54 Å². The largest absolute Gasteiger partial charge is 0.480 e.